The van der Waals surface area contributed by atoms with Crippen LogP contribution in [0.4, 0.5) is 0 Å². The second-order valence-electron chi connectivity index (χ2n) is 5.81. The molecule has 0 unspecified atom stereocenters. The molecule has 0 N–H and O–H groups in total. The van der Waals surface area contributed by atoms with Gasteiger partial charge in [0.2, 0.25) is 5.89 Å². The smallest absolute Gasteiger partial charge is 0.338 e. The van der Waals surface area contributed by atoms with Crippen molar-refractivity contribution in [2.45, 2.75) is 18.4 Å². The van der Waals surface area contributed by atoms with E-state index < -0.39 is 15.8 Å². The van der Waals surface area contributed by atoms with E-state index >= 15 is 0 Å². The molecule has 26 heavy (non-hydrogen) atoms. The van der Waals surface area contributed by atoms with E-state index in [4.69, 9.17) is 9.15 Å². The summed E-state index contributed by atoms with van der Waals surface area (Å²) in [5.74, 6) is 0.202. The van der Waals surface area contributed by atoms with Gasteiger partial charge in [-0.3, -0.25) is 0 Å². The van der Waals surface area contributed by atoms with Gasteiger partial charge in [-0.15, -0.1) is 0 Å². The highest BCUT2D eigenvalue weighted by molar-refractivity contribution is 7.90. The summed E-state index contributed by atoms with van der Waals surface area (Å²) in [4.78, 5) is 16.5. The molecule has 0 spiro atoms. The second-order valence-corrected chi connectivity index (χ2v) is 7.83. The number of sulfone groups is 1. The molecule has 6 nitrogen and oxygen atoms in total. The van der Waals surface area contributed by atoms with Gasteiger partial charge in [-0.25, -0.2) is 18.2 Å². The summed E-state index contributed by atoms with van der Waals surface area (Å²) in [7, 11) is -3.41. The Morgan fingerprint density at radius 3 is 2.58 bits per heavy atom. The summed E-state index contributed by atoms with van der Waals surface area (Å²) < 4.78 is 34.1. The van der Waals surface area contributed by atoms with Gasteiger partial charge >= 0.3 is 5.97 Å². The van der Waals surface area contributed by atoms with E-state index in [1.54, 1.807) is 19.2 Å². The Bertz CT molecular complexity index is 1040. The van der Waals surface area contributed by atoms with Gasteiger partial charge in [-0.2, -0.15) is 0 Å². The molecule has 0 saturated heterocycles. The van der Waals surface area contributed by atoms with Crippen molar-refractivity contribution in [3.63, 3.8) is 0 Å². The predicted octanol–water partition coefficient (Wildman–Crippen LogP) is 3.41. The normalized spacial score (nSPS) is 11.3. The molecule has 134 valence electrons. The molecule has 0 atom stereocenters. The Morgan fingerprint density at radius 2 is 1.88 bits per heavy atom. The SMILES string of the molecule is Cc1ccc(S(C)(=O)=O)cc1C(=O)OCc1ncc(-c2ccccc2)o1. The Labute approximate surface area is 151 Å². The number of ether oxygens (including phenoxy) is 1. The number of aromatic nitrogens is 1. The van der Waals surface area contributed by atoms with E-state index in [2.05, 4.69) is 4.98 Å². The van der Waals surface area contributed by atoms with Gasteiger partial charge < -0.3 is 9.15 Å². The van der Waals surface area contributed by atoms with Gasteiger partial charge in [0, 0.05) is 11.8 Å². The number of nitrogens with zero attached hydrogens (tertiary/aromatic N) is 1. The molecule has 7 heteroatoms. The molecular formula is C19H17NO5S. The molecule has 0 amide bonds. The number of carbonyl (C=O) groups is 1. The quantitative estimate of drug-likeness (QED) is 0.639. The van der Waals surface area contributed by atoms with Crippen molar-refractivity contribution in [2.24, 2.45) is 0 Å². The number of benzene rings is 2. The van der Waals surface area contributed by atoms with Gasteiger partial charge in [-0.05, 0) is 24.6 Å². The van der Waals surface area contributed by atoms with E-state index in [-0.39, 0.29) is 23.0 Å². The topological polar surface area (TPSA) is 86.5 Å². The summed E-state index contributed by atoms with van der Waals surface area (Å²) in [6.07, 6.45) is 2.65. The maximum Gasteiger partial charge on any atom is 0.338 e. The van der Waals surface area contributed by atoms with Crippen LogP contribution in [-0.4, -0.2) is 25.6 Å². The first-order valence-electron chi connectivity index (χ1n) is 7.82. The van der Waals surface area contributed by atoms with Gasteiger partial charge in [0.05, 0.1) is 16.7 Å². The lowest BCUT2D eigenvalue weighted by Gasteiger charge is -2.07. The van der Waals surface area contributed by atoms with Crippen molar-refractivity contribution in [3.8, 4) is 11.3 Å². The van der Waals surface area contributed by atoms with E-state index in [0.29, 0.717) is 11.3 Å². The van der Waals surface area contributed by atoms with Gasteiger partial charge in [0.15, 0.2) is 22.2 Å². The van der Waals surface area contributed by atoms with Gasteiger partial charge in [0.1, 0.15) is 0 Å². The largest absolute Gasteiger partial charge is 0.452 e. The third kappa shape index (κ3) is 4.00. The van der Waals surface area contributed by atoms with Crippen LogP contribution in [0, 0.1) is 6.92 Å². The summed E-state index contributed by atoms with van der Waals surface area (Å²) in [5, 5.41) is 0. The Hall–Kier alpha value is -2.93. The first-order valence-corrected chi connectivity index (χ1v) is 9.72. The Kier molecular flexibility index (Phi) is 4.90. The maximum absolute atomic E-state index is 12.3. The molecular weight excluding hydrogens is 354 g/mol. The molecule has 2 aromatic carbocycles. The lowest BCUT2D eigenvalue weighted by Crippen LogP contribution is -2.09. The van der Waals surface area contributed by atoms with Gasteiger partial charge in [0.25, 0.3) is 0 Å². The van der Waals surface area contributed by atoms with Crippen molar-refractivity contribution in [2.75, 3.05) is 6.26 Å². The van der Waals surface area contributed by atoms with Crippen LogP contribution >= 0.6 is 0 Å². The van der Waals surface area contributed by atoms with E-state index in [1.165, 1.54) is 12.1 Å². The van der Waals surface area contributed by atoms with E-state index in [9.17, 15) is 13.2 Å². The molecule has 0 aliphatic rings. The van der Waals surface area contributed by atoms with Crippen LogP contribution in [0.1, 0.15) is 21.8 Å². The fourth-order valence-electron chi connectivity index (χ4n) is 2.37. The van der Waals surface area contributed by atoms with Crippen LogP contribution in [-0.2, 0) is 21.2 Å². The van der Waals surface area contributed by atoms with Crippen LogP contribution in [0.15, 0.2) is 64.0 Å². The molecule has 3 rings (SSSR count). The molecule has 0 saturated carbocycles. The average molecular weight is 371 g/mol. The number of aryl methyl sites for hydroxylation is 1. The minimum atomic E-state index is -3.41. The van der Waals surface area contributed by atoms with Crippen LogP contribution in [0.3, 0.4) is 0 Å². The first kappa shape index (κ1) is 17.9. The van der Waals surface area contributed by atoms with Crippen LogP contribution in [0.2, 0.25) is 0 Å². The third-order valence-electron chi connectivity index (χ3n) is 3.80. The highest BCUT2D eigenvalue weighted by Gasteiger charge is 2.16. The molecule has 0 aliphatic carbocycles. The first-order chi connectivity index (χ1) is 12.3. The fraction of sp³-hybridized carbons (Fsp3) is 0.158. The van der Waals surface area contributed by atoms with Crippen molar-refractivity contribution in [1.82, 2.24) is 4.98 Å². The lowest BCUT2D eigenvalue weighted by molar-refractivity contribution is 0.0438. The number of esters is 1. The van der Waals surface area contributed by atoms with Crippen molar-refractivity contribution in [3.05, 3.63) is 71.7 Å². The molecule has 0 bridgehead atoms. The lowest BCUT2D eigenvalue weighted by atomic mass is 10.1. The van der Waals surface area contributed by atoms with E-state index in [1.807, 2.05) is 30.3 Å². The molecule has 0 fully saturated rings. The highest BCUT2D eigenvalue weighted by atomic mass is 32.2. The maximum atomic E-state index is 12.3. The highest BCUT2D eigenvalue weighted by Crippen LogP contribution is 2.21. The zero-order chi connectivity index (χ0) is 18.7. The standard InChI is InChI=1S/C19H17NO5S/c1-13-8-9-15(26(2,22)23)10-16(13)19(21)24-12-18-20-11-17(25-18)14-6-4-3-5-7-14/h3-11H,12H2,1-2H3. The monoisotopic (exact) mass is 371 g/mol. The number of hydrogen-bond acceptors (Lipinski definition) is 6. The predicted molar refractivity (Wildman–Crippen MR) is 95.3 cm³/mol. The van der Waals surface area contributed by atoms with Crippen LogP contribution < -0.4 is 0 Å². The molecule has 3 aromatic rings. The average Bonchev–Trinajstić information content (AvgIpc) is 3.09. The van der Waals surface area contributed by atoms with Crippen LogP contribution in [0.25, 0.3) is 11.3 Å². The van der Waals surface area contributed by atoms with Crippen molar-refractivity contribution < 1.29 is 22.4 Å². The number of hydrogen-bond donors (Lipinski definition) is 0. The minimum absolute atomic E-state index is 0.0672. The van der Waals surface area contributed by atoms with E-state index in [0.717, 1.165) is 11.8 Å². The number of carbonyl (C=O) groups excluding carboxylic acids is 1. The number of oxazole rings is 1. The minimum Gasteiger partial charge on any atom is -0.452 e. The summed E-state index contributed by atoms with van der Waals surface area (Å²) >= 11 is 0. The van der Waals surface area contributed by atoms with Crippen molar-refractivity contribution >= 4 is 15.8 Å². The number of rotatable bonds is 5. The zero-order valence-corrected chi connectivity index (χ0v) is 15.1. The third-order valence-corrected chi connectivity index (χ3v) is 4.91. The van der Waals surface area contributed by atoms with Crippen molar-refractivity contribution in [1.29, 1.82) is 0 Å². The summed E-state index contributed by atoms with van der Waals surface area (Å²) in [5.41, 5.74) is 1.69. The zero-order valence-electron chi connectivity index (χ0n) is 14.3. The second kappa shape index (κ2) is 7.13. The van der Waals surface area contributed by atoms with Gasteiger partial charge in [-0.1, -0.05) is 36.4 Å². The Morgan fingerprint density at radius 1 is 1.15 bits per heavy atom. The molecule has 1 aromatic heterocycles. The summed E-state index contributed by atoms with van der Waals surface area (Å²) in [6, 6.07) is 13.8. The Balaban J connectivity index is 1.73. The van der Waals surface area contributed by atoms with Crippen LogP contribution in [0.5, 0.6) is 0 Å². The fourth-order valence-corrected chi connectivity index (χ4v) is 3.02. The molecule has 1 heterocycles. The summed E-state index contributed by atoms with van der Waals surface area (Å²) in [6.45, 7) is 1.56. The molecule has 0 radical (unpaired) electrons. The molecule has 0 aliphatic heterocycles.